The second-order valence-corrected chi connectivity index (χ2v) is 6.35. The van der Waals surface area contributed by atoms with Gasteiger partial charge in [-0.05, 0) is 37.1 Å². The van der Waals surface area contributed by atoms with E-state index in [4.69, 9.17) is 4.74 Å². The van der Waals surface area contributed by atoms with Crippen LogP contribution < -0.4 is 0 Å². The van der Waals surface area contributed by atoms with E-state index in [1.54, 1.807) is 27.6 Å². The molecule has 3 aromatic heterocycles. The van der Waals surface area contributed by atoms with Gasteiger partial charge in [0.25, 0.3) is 5.91 Å². The van der Waals surface area contributed by atoms with Crippen LogP contribution in [0.5, 0.6) is 0 Å². The number of hydrogen-bond acceptors (Lipinski definition) is 5. The van der Waals surface area contributed by atoms with Crippen molar-refractivity contribution in [1.82, 2.24) is 24.1 Å². The fraction of sp³-hybridized carbons (Fsp3) is 0.333. The number of aromatic nitrogens is 4. The van der Waals surface area contributed by atoms with Crippen molar-refractivity contribution in [3.8, 4) is 11.5 Å². The van der Waals surface area contributed by atoms with Crippen LogP contribution in [0.2, 0.25) is 0 Å². The molecule has 4 rings (SSSR count). The Morgan fingerprint density at radius 1 is 1.23 bits per heavy atom. The molecule has 3 aromatic rings. The van der Waals surface area contributed by atoms with E-state index >= 15 is 0 Å². The maximum atomic E-state index is 13.0. The molecule has 0 aliphatic carbocycles. The summed E-state index contributed by atoms with van der Waals surface area (Å²) in [7, 11) is 3.27. The Hall–Kier alpha value is -3.16. The zero-order valence-corrected chi connectivity index (χ0v) is 14.6. The monoisotopic (exact) mass is 353 g/mol. The summed E-state index contributed by atoms with van der Waals surface area (Å²) in [6, 6.07) is 6.83. The van der Waals surface area contributed by atoms with Gasteiger partial charge in [-0.25, -0.2) is 4.79 Å². The highest BCUT2D eigenvalue weighted by atomic mass is 16.5. The number of carbonyl (C=O) groups excluding carboxylic acids is 2. The van der Waals surface area contributed by atoms with Crippen LogP contribution in [-0.2, 0) is 16.6 Å². The van der Waals surface area contributed by atoms with Crippen LogP contribution in [0.1, 0.15) is 23.2 Å². The minimum absolute atomic E-state index is 0.189. The quantitative estimate of drug-likeness (QED) is 0.667. The lowest BCUT2D eigenvalue weighted by Crippen LogP contribution is -2.41. The summed E-state index contributed by atoms with van der Waals surface area (Å²) >= 11 is 0. The maximum absolute atomic E-state index is 13.0. The molecule has 0 saturated carbocycles. The van der Waals surface area contributed by atoms with Gasteiger partial charge in [0.15, 0.2) is 11.5 Å². The number of hydrogen-bond donors (Lipinski definition) is 0. The molecule has 0 aromatic carbocycles. The molecule has 0 radical (unpaired) electrons. The summed E-state index contributed by atoms with van der Waals surface area (Å²) in [6.45, 7) is 0.545. The lowest BCUT2D eigenvalue weighted by atomic mass is 10.2. The Labute approximate surface area is 150 Å². The molecule has 0 spiro atoms. The van der Waals surface area contributed by atoms with E-state index in [0.717, 1.165) is 12.1 Å². The van der Waals surface area contributed by atoms with Crippen LogP contribution in [0.3, 0.4) is 0 Å². The van der Waals surface area contributed by atoms with Crippen molar-refractivity contribution in [3.05, 3.63) is 42.2 Å². The molecule has 8 nitrogen and oxygen atoms in total. The van der Waals surface area contributed by atoms with Crippen molar-refractivity contribution in [2.75, 3.05) is 13.7 Å². The zero-order valence-electron chi connectivity index (χ0n) is 14.6. The van der Waals surface area contributed by atoms with Gasteiger partial charge in [0.05, 0.1) is 18.4 Å². The van der Waals surface area contributed by atoms with E-state index in [1.165, 1.54) is 7.11 Å². The number of likely N-dealkylation sites (tertiary alicyclic amines) is 1. The van der Waals surface area contributed by atoms with E-state index in [1.807, 2.05) is 29.9 Å². The van der Waals surface area contributed by atoms with Gasteiger partial charge in [0, 0.05) is 26.0 Å². The fourth-order valence-corrected chi connectivity index (χ4v) is 3.44. The van der Waals surface area contributed by atoms with Gasteiger partial charge in [0.1, 0.15) is 6.04 Å². The average molecular weight is 353 g/mol. The minimum atomic E-state index is -0.517. The molecule has 1 atom stereocenters. The summed E-state index contributed by atoms with van der Waals surface area (Å²) in [5.74, 6) is 0.102. The highest BCUT2D eigenvalue weighted by Gasteiger charge is 2.35. The molecule has 134 valence electrons. The van der Waals surface area contributed by atoms with Crippen LogP contribution in [0.25, 0.3) is 17.2 Å². The Morgan fingerprint density at radius 3 is 2.81 bits per heavy atom. The van der Waals surface area contributed by atoms with E-state index in [2.05, 4.69) is 10.2 Å². The molecule has 8 heteroatoms. The number of methoxy groups -OCH3 is 1. The van der Waals surface area contributed by atoms with E-state index < -0.39 is 6.04 Å². The highest BCUT2D eigenvalue weighted by Crippen LogP contribution is 2.23. The van der Waals surface area contributed by atoms with Crippen molar-refractivity contribution in [3.63, 3.8) is 0 Å². The average Bonchev–Trinajstić information content (AvgIpc) is 3.38. The molecule has 1 aliphatic heterocycles. The normalized spacial score (nSPS) is 17.0. The lowest BCUT2D eigenvalue weighted by Gasteiger charge is -2.22. The molecule has 1 unspecified atom stereocenters. The van der Waals surface area contributed by atoms with Crippen molar-refractivity contribution >= 4 is 17.5 Å². The first kappa shape index (κ1) is 16.3. The van der Waals surface area contributed by atoms with Crippen molar-refractivity contribution in [1.29, 1.82) is 0 Å². The molecule has 1 fully saturated rings. The summed E-state index contributed by atoms with van der Waals surface area (Å²) in [6.07, 6.45) is 5.07. The number of amides is 1. The number of pyridine rings is 1. The second kappa shape index (κ2) is 6.29. The first-order valence-electron chi connectivity index (χ1n) is 8.45. The molecule has 26 heavy (non-hydrogen) atoms. The van der Waals surface area contributed by atoms with Crippen LogP contribution >= 0.6 is 0 Å². The van der Waals surface area contributed by atoms with Gasteiger partial charge in [-0.3, -0.25) is 9.20 Å². The van der Waals surface area contributed by atoms with E-state index in [9.17, 15) is 9.59 Å². The second-order valence-electron chi connectivity index (χ2n) is 6.35. The Kier molecular flexibility index (Phi) is 3.95. The van der Waals surface area contributed by atoms with Gasteiger partial charge < -0.3 is 14.2 Å². The summed E-state index contributed by atoms with van der Waals surface area (Å²) in [4.78, 5) is 26.5. The van der Waals surface area contributed by atoms with Crippen LogP contribution in [0.15, 0.2) is 36.7 Å². The number of ether oxygens (including phenoxy) is 1. The summed E-state index contributed by atoms with van der Waals surface area (Å²) in [5, 5.41) is 8.42. The third-order valence-corrected chi connectivity index (χ3v) is 4.81. The van der Waals surface area contributed by atoms with Crippen LogP contribution in [0.4, 0.5) is 0 Å². The first-order valence-corrected chi connectivity index (χ1v) is 8.45. The third-order valence-electron chi connectivity index (χ3n) is 4.81. The van der Waals surface area contributed by atoms with E-state index in [0.29, 0.717) is 30.0 Å². The molecule has 4 heterocycles. The highest BCUT2D eigenvalue weighted by molar-refractivity contribution is 5.97. The molecule has 1 aliphatic rings. The standard InChI is InChI=1S/C18H19N5O3/c1-21-9-3-5-13(21)16-20-19-15-8-7-12(11-23(15)16)17(24)22-10-4-6-14(22)18(25)26-2/h3,5,7-9,11,14H,4,6,10H2,1-2H3. The number of esters is 1. The van der Waals surface area contributed by atoms with Crippen molar-refractivity contribution in [2.45, 2.75) is 18.9 Å². The number of nitrogens with zero attached hydrogens (tertiary/aromatic N) is 5. The zero-order chi connectivity index (χ0) is 18.3. The summed E-state index contributed by atoms with van der Waals surface area (Å²) in [5.41, 5.74) is 2.04. The van der Waals surface area contributed by atoms with Crippen molar-refractivity contribution in [2.24, 2.45) is 7.05 Å². The van der Waals surface area contributed by atoms with Gasteiger partial charge in [-0.1, -0.05) is 0 Å². The van der Waals surface area contributed by atoms with E-state index in [-0.39, 0.29) is 11.9 Å². The third kappa shape index (κ3) is 2.54. The smallest absolute Gasteiger partial charge is 0.328 e. The topological polar surface area (TPSA) is 81.7 Å². The Morgan fingerprint density at radius 2 is 2.08 bits per heavy atom. The number of aryl methyl sites for hydroxylation is 1. The maximum Gasteiger partial charge on any atom is 0.328 e. The molecule has 0 bridgehead atoms. The number of carbonyl (C=O) groups is 2. The summed E-state index contributed by atoms with van der Waals surface area (Å²) < 4.78 is 8.57. The van der Waals surface area contributed by atoms with Gasteiger partial charge >= 0.3 is 5.97 Å². The Bertz CT molecular complexity index is 990. The largest absolute Gasteiger partial charge is 0.467 e. The molecular formula is C18H19N5O3. The van der Waals surface area contributed by atoms with Crippen LogP contribution in [-0.4, -0.2) is 55.6 Å². The van der Waals surface area contributed by atoms with Gasteiger partial charge in [0.2, 0.25) is 0 Å². The number of fused-ring (bicyclic) bond motifs is 1. The molecule has 1 saturated heterocycles. The molecular weight excluding hydrogens is 334 g/mol. The molecule has 1 amide bonds. The number of rotatable bonds is 3. The van der Waals surface area contributed by atoms with Gasteiger partial charge in [-0.15, -0.1) is 10.2 Å². The minimum Gasteiger partial charge on any atom is -0.467 e. The molecule has 0 N–H and O–H groups in total. The lowest BCUT2D eigenvalue weighted by molar-refractivity contribution is -0.145. The van der Waals surface area contributed by atoms with Gasteiger partial charge in [-0.2, -0.15) is 0 Å². The fourth-order valence-electron chi connectivity index (χ4n) is 3.44. The predicted molar refractivity (Wildman–Crippen MR) is 93.5 cm³/mol. The van der Waals surface area contributed by atoms with Crippen molar-refractivity contribution < 1.29 is 14.3 Å². The Balaban J connectivity index is 1.72. The SMILES string of the molecule is COC(=O)C1CCCN1C(=O)c1ccc2nnc(-c3cccn3C)n2c1. The first-order chi connectivity index (χ1) is 12.6. The van der Waals surface area contributed by atoms with Crippen LogP contribution in [0, 0.1) is 0 Å². The predicted octanol–water partition coefficient (Wildman–Crippen LogP) is 1.51.